The van der Waals surface area contributed by atoms with E-state index in [9.17, 15) is 5.11 Å². The van der Waals surface area contributed by atoms with E-state index in [1.165, 1.54) is 0 Å². The summed E-state index contributed by atoms with van der Waals surface area (Å²) in [6, 6.07) is 7.69. The lowest BCUT2D eigenvalue weighted by Crippen LogP contribution is -1.99. The Balaban J connectivity index is 2.73. The molecular weight excluding hydrogens is 152 g/mol. The normalized spacial score (nSPS) is 12.9. The molecule has 2 N–H and O–H groups in total. The molecule has 0 aliphatic carbocycles. The van der Waals surface area contributed by atoms with Gasteiger partial charge >= 0.3 is 0 Å². The van der Waals surface area contributed by atoms with Crippen molar-refractivity contribution in [3.8, 4) is 0 Å². The van der Waals surface area contributed by atoms with Crippen LogP contribution in [0.25, 0.3) is 0 Å². The molecule has 1 rings (SSSR count). The van der Waals surface area contributed by atoms with Crippen molar-refractivity contribution in [3.05, 3.63) is 35.4 Å². The zero-order valence-corrected chi connectivity index (χ0v) is 7.20. The highest BCUT2D eigenvalue weighted by Crippen LogP contribution is 2.16. The van der Waals surface area contributed by atoms with Crippen molar-refractivity contribution >= 4 is 0 Å². The van der Waals surface area contributed by atoms with E-state index in [0.29, 0.717) is 6.42 Å². The number of hydrogen-bond acceptors (Lipinski definition) is 2. The molecule has 66 valence electrons. The Morgan fingerprint density at radius 3 is 2.75 bits per heavy atom. The van der Waals surface area contributed by atoms with E-state index in [-0.39, 0.29) is 6.61 Å². The number of aliphatic hydroxyl groups excluding tert-OH is 2. The summed E-state index contributed by atoms with van der Waals surface area (Å²) >= 11 is 0. The highest BCUT2D eigenvalue weighted by atomic mass is 16.3. The SMILES string of the molecule is Cc1cccc(C(O)CCO)c1. The summed E-state index contributed by atoms with van der Waals surface area (Å²) in [4.78, 5) is 0. The lowest BCUT2D eigenvalue weighted by molar-refractivity contribution is 0.134. The average Bonchev–Trinajstić information content (AvgIpc) is 2.05. The Hall–Kier alpha value is -0.860. The number of benzene rings is 1. The third-order valence-corrected chi connectivity index (χ3v) is 1.83. The van der Waals surface area contributed by atoms with Crippen molar-refractivity contribution in [2.75, 3.05) is 6.61 Å². The molecular formula is C10H14O2. The van der Waals surface area contributed by atoms with Gasteiger partial charge in [0.05, 0.1) is 6.10 Å². The van der Waals surface area contributed by atoms with E-state index < -0.39 is 6.10 Å². The molecule has 0 saturated carbocycles. The van der Waals surface area contributed by atoms with Crippen LogP contribution in [0.3, 0.4) is 0 Å². The maximum atomic E-state index is 9.48. The van der Waals surface area contributed by atoms with Crippen molar-refractivity contribution in [1.82, 2.24) is 0 Å². The van der Waals surface area contributed by atoms with Gasteiger partial charge in [-0.05, 0) is 12.5 Å². The summed E-state index contributed by atoms with van der Waals surface area (Å²) in [6.45, 7) is 2.00. The van der Waals surface area contributed by atoms with Crippen molar-refractivity contribution in [3.63, 3.8) is 0 Å². The van der Waals surface area contributed by atoms with Crippen LogP contribution in [0.5, 0.6) is 0 Å². The fraction of sp³-hybridized carbons (Fsp3) is 0.400. The Morgan fingerprint density at radius 2 is 2.17 bits per heavy atom. The molecule has 0 spiro atoms. The van der Waals surface area contributed by atoms with E-state index >= 15 is 0 Å². The quantitative estimate of drug-likeness (QED) is 0.712. The minimum absolute atomic E-state index is 0.0229. The van der Waals surface area contributed by atoms with Gasteiger partial charge in [-0.3, -0.25) is 0 Å². The van der Waals surface area contributed by atoms with Crippen LogP contribution in [0, 0.1) is 6.92 Å². The molecule has 1 aromatic rings. The van der Waals surface area contributed by atoms with E-state index in [2.05, 4.69) is 0 Å². The molecule has 0 aliphatic rings. The van der Waals surface area contributed by atoms with Crippen molar-refractivity contribution in [2.24, 2.45) is 0 Å². The zero-order chi connectivity index (χ0) is 8.97. The first-order valence-corrected chi connectivity index (χ1v) is 4.09. The second-order valence-electron chi connectivity index (χ2n) is 2.94. The van der Waals surface area contributed by atoms with Gasteiger partial charge in [0.15, 0.2) is 0 Å². The number of aliphatic hydroxyl groups is 2. The molecule has 0 saturated heterocycles. The Kier molecular flexibility index (Phi) is 3.26. The molecule has 1 atom stereocenters. The molecule has 2 nitrogen and oxygen atoms in total. The van der Waals surface area contributed by atoms with E-state index in [1.54, 1.807) is 0 Å². The van der Waals surface area contributed by atoms with Crippen LogP contribution in [0.2, 0.25) is 0 Å². The number of aryl methyl sites for hydroxylation is 1. The van der Waals surface area contributed by atoms with Gasteiger partial charge in [-0.25, -0.2) is 0 Å². The Bertz CT molecular complexity index is 245. The minimum atomic E-state index is -0.533. The number of hydrogen-bond donors (Lipinski definition) is 2. The van der Waals surface area contributed by atoms with Gasteiger partial charge in [-0.1, -0.05) is 29.8 Å². The summed E-state index contributed by atoms with van der Waals surface area (Å²) in [5.74, 6) is 0. The molecule has 0 radical (unpaired) electrons. The van der Waals surface area contributed by atoms with Gasteiger partial charge in [0.1, 0.15) is 0 Å². The van der Waals surface area contributed by atoms with Crippen LogP contribution in [0.15, 0.2) is 24.3 Å². The zero-order valence-electron chi connectivity index (χ0n) is 7.20. The predicted molar refractivity (Wildman–Crippen MR) is 47.8 cm³/mol. The van der Waals surface area contributed by atoms with Crippen LogP contribution in [-0.2, 0) is 0 Å². The predicted octanol–water partition coefficient (Wildman–Crippen LogP) is 1.41. The smallest absolute Gasteiger partial charge is 0.0812 e. The lowest BCUT2D eigenvalue weighted by atomic mass is 10.0. The van der Waals surface area contributed by atoms with Crippen molar-refractivity contribution in [2.45, 2.75) is 19.4 Å². The third-order valence-electron chi connectivity index (χ3n) is 1.83. The Labute approximate surface area is 72.5 Å². The van der Waals surface area contributed by atoms with Crippen LogP contribution >= 0.6 is 0 Å². The largest absolute Gasteiger partial charge is 0.396 e. The summed E-state index contributed by atoms with van der Waals surface area (Å²) in [5, 5.41) is 18.1. The maximum absolute atomic E-state index is 9.48. The second kappa shape index (κ2) is 4.24. The first-order chi connectivity index (χ1) is 5.74. The summed E-state index contributed by atoms with van der Waals surface area (Å²) in [7, 11) is 0. The van der Waals surface area contributed by atoms with Crippen LogP contribution < -0.4 is 0 Å². The van der Waals surface area contributed by atoms with E-state index in [4.69, 9.17) is 5.11 Å². The molecule has 0 bridgehead atoms. The van der Waals surface area contributed by atoms with Crippen LogP contribution in [0.1, 0.15) is 23.7 Å². The van der Waals surface area contributed by atoms with Gasteiger partial charge < -0.3 is 10.2 Å². The molecule has 0 aromatic heterocycles. The van der Waals surface area contributed by atoms with E-state index in [1.807, 2.05) is 31.2 Å². The lowest BCUT2D eigenvalue weighted by Gasteiger charge is -2.09. The van der Waals surface area contributed by atoms with Gasteiger partial charge in [0.2, 0.25) is 0 Å². The topological polar surface area (TPSA) is 40.5 Å². The fourth-order valence-electron chi connectivity index (χ4n) is 1.17. The highest BCUT2D eigenvalue weighted by molar-refractivity contribution is 5.23. The van der Waals surface area contributed by atoms with E-state index in [0.717, 1.165) is 11.1 Å². The van der Waals surface area contributed by atoms with Gasteiger partial charge in [0, 0.05) is 13.0 Å². The minimum Gasteiger partial charge on any atom is -0.396 e. The summed E-state index contributed by atoms with van der Waals surface area (Å²) in [6.07, 6.45) is -0.126. The highest BCUT2D eigenvalue weighted by Gasteiger charge is 2.05. The molecule has 1 unspecified atom stereocenters. The average molecular weight is 166 g/mol. The second-order valence-corrected chi connectivity index (χ2v) is 2.94. The first kappa shape index (κ1) is 9.23. The first-order valence-electron chi connectivity index (χ1n) is 4.09. The molecule has 0 amide bonds. The van der Waals surface area contributed by atoms with Crippen molar-refractivity contribution < 1.29 is 10.2 Å². The third kappa shape index (κ3) is 2.32. The van der Waals surface area contributed by atoms with Gasteiger partial charge in [0.25, 0.3) is 0 Å². The van der Waals surface area contributed by atoms with Crippen molar-refractivity contribution in [1.29, 1.82) is 0 Å². The molecule has 1 aromatic carbocycles. The molecule has 0 fully saturated rings. The molecule has 0 heterocycles. The summed E-state index contributed by atoms with van der Waals surface area (Å²) < 4.78 is 0. The van der Waals surface area contributed by atoms with Gasteiger partial charge in [-0.15, -0.1) is 0 Å². The molecule has 2 heteroatoms. The maximum Gasteiger partial charge on any atom is 0.0812 e. The van der Waals surface area contributed by atoms with Crippen LogP contribution in [-0.4, -0.2) is 16.8 Å². The van der Waals surface area contributed by atoms with Crippen LogP contribution in [0.4, 0.5) is 0 Å². The molecule has 12 heavy (non-hydrogen) atoms. The molecule has 0 aliphatic heterocycles. The number of rotatable bonds is 3. The van der Waals surface area contributed by atoms with Gasteiger partial charge in [-0.2, -0.15) is 0 Å². The Morgan fingerprint density at radius 1 is 1.42 bits per heavy atom. The monoisotopic (exact) mass is 166 g/mol. The standard InChI is InChI=1S/C10H14O2/c1-8-3-2-4-9(7-8)10(12)5-6-11/h2-4,7,10-12H,5-6H2,1H3. The summed E-state index contributed by atoms with van der Waals surface area (Å²) in [5.41, 5.74) is 2.01. The fourth-order valence-corrected chi connectivity index (χ4v) is 1.17.